The van der Waals surface area contributed by atoms with Gasteiger partial charge in [0.15, 0.2) is 5.78 Å². The third-order valence-electron chi connectivity index (χ3n) is 2.49. The zero-order valence-corrected chi connectivity index (χ0v) is 10.4. The summed E-state index contributed by atoms with van der Waals surface area (Å²) >= 11 is 1.71. The van der Waals surface area contributed by atoms with E-state index in [0.717, 1.165) is 12.1 Å². The van der Waals surface area contributed by atoms with Crippen LogP contribution in [0.4, 0.5) is 5.69 Å². The summed E-state index contributed by atoms with van der Waals surface area (Å²) < 4.78 is 0. The Morgan fingerprint density at radius 1 is 1.12 bits per heavy atom. The summed E-state index contributed by atoms with van der Waals surface area (Å²) in [4.78, 5) is 12.9. The highest BCUT2D eigenvalue weighted by Gasteiger charge is 2.03. The van der Waals surface area contributed by atoms with Gasteiger partial charge in [-0.1, -0.05) is 24.3 Å². The first-order valence-electron chi connectivity index (χ1n) is 5.67. The van der Waals surface area contributed by atoms with E-state index in [1.807, 2.05) is 41.8 Å². The van der Waals surface area contributed by atoms with Crippen molar-refractivity contribution in [1.82, 2.24) is 0 Å². The molecule has 3 heteroatoms. The number of rotatable bonds is 6. The molecular formula is C14H15NOS. The van der Waals surface area contributed by atoms with Crippen LogP contribution < -0.4 is 5.32 Å². The Morgan fingerprint density at radius 2 is 1.94 bits per heavy atom. The molecule has 0 saturated heterocycles. The van der Waals surface area contributed by atoms with Gasteiger partial charge in [-0.25, -0.2) is 0 Å². The van der Waals surface area contributed by atoms with Crippen LogP contribution >= 0.6 is 11.3 Å². The zero-order chi connectivity index (χ0) is 11.9. The smallest absolute Gasteiger partial charge is 0.152 e. The molecule has 0 bridgehead atoms. The van der Waals surface area contributed by atoms with Gasteiger partial charge in [-0.05, 0) is 30.0 Å². The quantitative estimate of drug-likeness (QED) is 0.845. The van der Waals surface area contributed by atoms with Gasteiger partial charge in [0.1, 0.15) is 0 Å². The highest BCUT2D eigenvalue weighted by atomic mass is 32.1. The minimum absolute atomic E-state index is 0.252. The molecule has 0 amide bonds. The van der Waals surface area contributed by atoms with Crippen LogP contribution in [-0.4, -0.2) is 12.3 Å². The number of nitrogens with one attached hydrogen (secondary N) is 1. The molecule has 1 aromatic carbocycles. The van der Waals surface area contributed by atoms with Crippen molar-refractivity contribution in [3.8, 4) is 0 Å². The standard InChI is InChI=1S/C14H15NOS/c16-13(8-9-14-7-4-10-17-14)11-15-12-5-2-1-3-6-12/h1-7,10,15H,8-9,11H2. The van der Waals surface area contributed by atoms with E-state index in [1.54, 1.807) is 11.3 Å². The lowest BCUT2D eigenvalue weighted by atomic mass is 10.2. The Kier molecular flexibility index (Phi) is 4.33. The molecule has 0 saturated carbocycles. The van der Waals surface area contributed by atoms with Crippen LogP contribution in [0.5, 0.6) is 0 Å². The van der Waals surface area contributed by atoms with Crippen LogP contribution in [-0.2, 0) is 11.2 Å². The topological polar surface area (TPSA) is 29.1 Å². The van der Waals surface area contributed by atoms with Crippen molar-refractivity contribution in [2.24, 2.45) is 0 Å². The predicted molar refractivity (Wildman–Crippen MR) is 72.6 cm³/mol. The van der Waals surface area contributed by atoms with E-state index in [9.17, 15) is 4.79 Å². The number of hydrogen-bond donors (Lipinski definition) is 1. The second-order valence-electron chi connectivity index (χ2n) is 3.84. The fourth-order valence-electron chi connectivity index (χ4n) is 1.56. The molecule has 0 aliphatic heterocycles. The number of benzene rings is 1. The Hall–Kier alpha value is -1.61. The number of para-hydroxylation sites is 1. The van der Waals surface area contributed by atoms with Gasteiger partial charge < -0.3 is 5.32 Å². The normalized spacial score (nSPS) is 10.1. The summed E-state index contributed by atoms with van der Waals surface area (Å²) in [5, 5.41) is 5.17. The first-order valence-corrected chi connectivity index (χ1v) is 6.55. The highest BCUT2D eigenvalue weighted by molar-refractivity contribution is 7.09. The first-order chi connectivity index (χ1) is 8.34. The van der Waals surface area contributed by atoms with Crippen molar-refractivity contribution in [3.05, 3.63) is 52.7 Å². The van der Waals surface area contributed by atoms with E-state index >= 15 is 0 Å². The van der Waals surface area contributed by atoms with Crippen LogP contribution in [0.1, 0.15) is 11.3 Å². The van der Waals surface area contributed by atoms with Crippen molar-refractivity contribution in [1.29, 1.82) is 0 Å². The second-order valence-corrected chi connectivity index (χ2v) is 4.87. The lowest BCUT2D eigenvalue weighted by Crippen LogP contribution is -2.14. The zero-order valence-electron chi connectivity index (χ0n) is 9.56. The van der Waals surface area contributed by atoms with Crippen LogP contribution in [0.3, 0.4) is 0 Å². The molecule has 1 heterocycles. The highest BCUT2D eigenvalue weighted by Crippen LogP contribution is 2.11. The van der Waals surface area contributed by atoms with Crippen LogP contribution in [0.15, 0.2) is 47.8 Å². The lowest BCUT2D eigenvalue weighted by Gasteiger charge is -2.04. The molecule has 0 aliphatic rings. The molecule has 1 N–H and O–H groups in total. The van der Waals surface area contributed by atoms with Gasteiger partial charge in [-0.3, -0.25) is 4.79 Å². The molecule has 2 nitrogen and oxygen atoms in total. The largest absolute Gasteiger partial charge is 0.378 e. The van der Waals surface area contributed by atoms with E-state index in [1.165, 1.54) is 4.88 Å². The molecule has 88 valence electrons. The maximum atomic E-state index is 11.7. The van der Waals surface area contributed by atoms with Gasteiger partial charge in [0.25, 0.3) is 0 Å². The van der Waals surface area contributed by atoms with Crippen LogP contribution in [0, 0.1) is 0 Å². The molecule has 0 spiro atoms. The number of anilines is 1. The van der Waals surface area contributed by atoms with Gasteiger partial charge in [0, 0.05) is 17.0 Å². The minimum Gasteiger partial charge on any atom is -0.378 e. The predicted octanol–water partition coefficient (Wildman–Crippen LogP) is 3.36. The second kappa shape index (κ2) is 6.21. The average Bonchev–Trinajstić information content (AvgIpc) is 2.88. The number of ketones is 1. The number of thiophene rings is 1. The van der Waals surface area contributed by atoms with Crippen LogP contribution in [0.2, 0.25) is 0 Å². The number of aryl methyl sites for hydroxylation is 1. The summed E-state index contributed by atoms with van der Waals surface area (Å²) in [6, 6.07) is 13.9. The Morgan fingerprint density at radius 3 is 2.65 bits per heavy atom. The summed E-state index contributed by atoms with van der Waals surface area (Å²) in [6.07, 6.45) is 1.47. The van der Waals surface area contributed by atoms with Crippen LogP contribution in [0.25, 0.3) is 0 Å². The molecule has 0 radical (unpaired) electrons. The third kappa shape index (κ3) is 4.04. The summed E-state index contributed by atoms with van der Waals surface area (Å²) in [5.74, 6) is 0.252. The van der Waals surface area contributed by atoms with Gasteiger partial charge in [-0.15, -0.1) is 11.3 Å². The van der Waals surface area contributed by atoms with Crippen molar-refractivity contribution in [2.75, 3.05) is 11.9 Å². The molecule has 0 unspecified atom stereocenters. The Bertz CT molecular complexity index is 450. The fraction of sp³-hybridized carbons (Fsp3) is 0.214. The molecular weight excluding hydrogens is 230 g/mol. The fourth-order valence-corrected chi connectivity index (χ4v) is 2.27. The molecule has 0 aliphatic carbocycles. The van der Waals surface area contributed by atoms with Gasteiger partial charge in [0.2, 0.25) is 0 Å². The van der Waals surface area contributed by atoms with Gasteiger partial charge in [-0.2, -0.15) is 0 Å². The number of carbonyl (C=O) groups is 1. The molecule has 0 fully saturated rings. The first kappa shape index (κ1) is 11.9. The molecule has 2 rings (SSSR count). The summed E-state index contributed by atoms with van der Waals surface area (Å²) in [7, 11) is 0. The molecule has 1 aromatic heterocycles. The Labute approximate surface area is 105 Å². The number of Topliss-reactive ketones (excluding diaryl/α,β-unsaturated/α-hetero) is 1. The van der Waals surface area contributed by atoms with Crippen molar-refractivity contribution in [2.45, 2.75) is 12.8 Å². The molecule has 17 heavy (non-hydrogen) atoms. The SMILES string of the molecule is O=C(CCc1cccs1)CNc1ccccc1. The van der Waals surface area contributed by atoms with E-state index < -0.39 is 0 Å². The average molecular weight is 245 g/mol. The van der Waals surface area contributed by atoms with E-state index in [0.29, 0.717) is 13.0 Å². The van der Waals surface area contributed by atoms with E-state index in [-0.39, 0.29) is 5.78 Å². The van der Waals surface area contributed by atoms with Gasteiger partial charge in [0.05, 0.1) is 6.54 Å². The third-order valence-corrected chi connectivity index (χ3v) is 3.43. The van der Waals surface area contributed by atoms with Gasteiger partial charge >= 0.3 is 0 Å². The monoisotopic (exact) mass is 245 g/mol. The summed E-state index contributed by atoms with van der Waals surface area (Å²) in [5.41, 5.74) is 0.997. The maximum Gasteiger partial charge on any atom is 0.152 e. The Balaban J connectivity index is 1.71. The van der Waals surface area contributed by atoms with Crippen molar-refractivity contribution < 1.29 is 4.79 Å². The summed E-state index contributed by atoms with van der Waals surface area (Å²) in [6.45, 7) is 0.412. The number of carbonyl (C=O) groups excluding carboxylic acids is 1. The van der Waals surface area contributed by atoms with Crippen molar-refractivity contribution in [3.63, 3.8) is 0 Å². The molecule has 2 aromatic rings. The van der Waals surface area contributed by atoms with E-state index in [2.05, 4.69) is 11.4 Å². The maximum absolute atomic E-state index is 11.7. The number of hydrogen-bond acceptors (Lipinski definition) is 3. The molecule has 0 atom stereocenters. The van der Waals surface area contributed by atoms with E-state index in [4.69, 9.17) is 0 Å². The van der Waals surface area contributed by atoms with Crippen molar-refractivity contribution >= 4 is 22.8 Å². The minimum atomic E-state index is 0.252. The lowest BCUT2D eigenvalue weighted by molar-refractivity contribution is -0.117.